The number of H-pyrrole nitrogens is 1. The van der Waals surface area contributed by atoms with Crippen LogP contribution in [0.5, 0.6) is 0 Å². The molecule has 22 heavy (non-hydrogen) atoms. The lowest BCUT2D eigenvalue weighted by Gasteiger charge is -2.33. The zero-order chi connectivity index (χ0) is 14.9. The van der Waals surface area contributed by atoms with E-state index in [9.17, 15) is 0 Å². The Morgan fingerprint density at radius 1 is 1.36 bits per heavy atom. The second-order valence-electron chi connectivity index (χ2n) is 5.53. The number of aliphatic hydroxyl groups excluding tert-OH is 1. The summed E-state index contributed by atoms with van der Waals surface area (Å²) in [5, 5.41) is 18.3. The maximum atomic E-state index is 9.13. The first-order valence-corrected chi connectivity index (χ1v) is 7.40. The number of nitrogens with zero attached hydrogens (tertiary/aromatic N) is 6. The van der Waals surface area contributed by atoms with E-state index in [1.54, 1.807) is 6.33 Å². The second kappa shape index (κ2) is 5.38. The minimum atomic E-state index is -0.0771. The van der Waals surface area contributed by atoms with Crippen LogP contribution in [0.15, 0.2) is 24.8 Å². The van der Waals surface area contributed by atoms with E-state index in [1.165, 1.54) is 0 Å². The maximum Gasteiger partial charge on any atom is 0.142 e. The smallest absolute Gasteiger partial charge is 0.142 e. The number of nitrogens with one attached hydrogen (secondary N) is 1. The van der Waals surface area contributed by atoms with Crippen LogP contribution in [0.2, 0.25) is 0 Å². The Labute approximate surface area is 126 Å². The number of aromatic amines is 1. The Hall–Kier alpha value is -2.48. The lowest BCUT2D eigenvalue weighted by molar-refractivity contribution is 0.276. The van der Waals surface area contributed by atoms with E-state index in [4.69, 9.17) is 5.11 Å². The van der Waals surface area contributed by atoms with Crippen LogP contribution >= 0.6 is 0 Å². The highest BCUT2D eigenvalue weighted by Crippen LogP contribution is 2.28. The van der Waals surface area contributed by atoms with Gasteiger partial charge in [0.05, 0.1) is 24.2 Å². The van der Waals surface area contributed by atoms with E-state index in [-0.39, 0.29) is 12.6 Å². The van der Waals surface area contributed by atoms with Crippen LogP contribution in [0.1, 0.15) is 24.6 Å². The normalized spacial score (nSPS) is 19.0. The highest BCUT2D eigenvalue weighted by molar-refractivity contribution is 5.87. The van der Waals surface area contributed by atoms with Gasteiger partial charge in [0.25, 0.3) is 0 Å². The molecule has 0 spiro atoms. The fraction of sp³-hybridized carbons (Fsp3) is 0.429. The van der Waals surface area contributed by atoms with Crippen molar-refractivity contribution in [1.82, 2.24) is 29.9 Å². The molecule has 114 valence electrons. The van der Waals surface area contributed by atoms with E-state index in [0.29, 0.717) is 5.69 Å². The molecule has 0 aromatic carbocycles. The number of piperidine rings is 1. The SMILES string of the molecule is OCc1cn([C@H]2CCCN(c3ncnc4[nH]ccc34)C2)nn1. The molecule has 8 nitrogen and oxygen atoms in total. The van der Waals surface area contributed by atoms with Crippen LogP contribution < -0.4 is 4.90 Å². The van der Waals surface area contributed by atoms with Gasteiger partial charge in [-0.05, 0) is 18.9 Å². The molecule has 3 aromatic rings. The van der Waals surface area contributed by atoms with Gasteiger partial charge in [-0.2, -0.15) is 0 Å². The molecule has 4 heterocycles. The molecule has 2 N–H and O–H groups in total. The molecular formula is C14H17N7O. The second-order valence-corrected chi connectivity index (χ2v) is 5.53. The Morgan fingerprint density at radius 2 is 2.32 bits per heavy atom. The van der Waals surface area contributed by atoms with Crippen molar-refractivity contribution in [2.45, 2.75) is 25.5 Å². The largest absolute Gasteiger partial charge is 0.390 e. The Morgan fingerprint density at radius 3 is 3.18 bits per heavy atom. The van der Waals surface area contributed by atoms with Crippen LogP contribution in [0.4, 0.5) is 5.82 Å². The van der Waals surface area contributed by atoms with Crippen molar-refractivity contribution in [3.05, 3.63) is 30.5 Å². The Balaban J connectivity index is 1.62. The third kappa shape index (κ3) is 2.21. The molecule has 1 saturated heterocycles. The third-order valence-corrected chi connectivity index (χ3v) is 4.12. The van der Waals surface area contributed by atoms with Crippen LogP contribution in [0, 0.1) is 0 Å². The summed E-state index contributed by atoms with van der Waals surface area (Å²) >= 11 is 0. The van der Waals surface area contributed by atoms with Crippen LogP contribution in [-0.4, -0.2) is 48.1 Å². The highest BCUT2D eigenvalue weighted by atomic mass is 16.3. The standard InChI is InChI=1S/C14H17N7O/c22-8-10-6-21(19-18-10)11-2-1-5-20(7-11)14-12-3-4-15-13(12)16-9-17-14/h3-4,6,9,11,22H,1-2,5,7-8H2,(H,15,16,17)/t11-/m0/s1. The average molecular weight is 299 g/mol. The third-order valence-electron chi connectivity index (χ3n) is 4.12. The van der Waals surface area contributed by atoms with Gasteiger partial charge in [0.2, 0.25) is 0 Å². The molecule has 0 radical (unpaired) electrons. The summed E-state index contributed by atoms with van der Waals surface area (Å²) in [5.74, 6) is 0.957. The maximum absolute atomic E-state index is 9.13. The first-order valence-electron chi connectivity index (χ1n) is 7.40. The monoisotopic (exact) mass is 299 g/mol. The van der Waals surface area contributed by atoms with Crippen molar-refractivity contribution in [3.63, 3.8) is 0 Å². The van der Waals surface area contributed by atoms with Gasteiger partial charge in [0.1, 0.15) is 23.5 Å². The van der Waals surface area contributed by atoms with E-state index in [1.807, 2.05) is 23.1 Å². The lowest BCUT2D eigenvalue weighted by Crippen LogP contribution is -2.37. The van der Waals surface area contributed by atoms with Crippen molar-refractivity contribution < 1.29 is 5.11 Å². The number of rotatable bonds is 3. The summed E-state index contributed by atoms with van der Waals surface area (Å²) in [6, 6.07) is 2.25. The summed E-state index contributed by atoms with van der Waals surface area (Å²) in [4.78, 5) is 14.1. The van der Waals surface area contributed by atoms with E-state index >= 15 is 0 Å². The van der Waals surface area contributed by atoms with Gasteiger partial charge in [-0.15, -0.1) is 5.10 Å². The quantitative estimate of drug-likeness (QED) is 0.745. The van der Waals surface area contributed by atoms with Crippen LogP contribution in [0.3, 0.4) is 0 Å². The summed E-state index contributed by atoms with van der Waals surface area (Å²) in [5.41, 5.74) is 1.46. The van der Waals surface area contributed by atoms with E-state index in [0.717, 1.165) is 42.8 Å². The van der Waals surface area contributed by atoms with Gasteiger partial charge in [-0.1, -0.05) is 5.21 Å². The highest BCUT2D eigenvalue weighted by Gasteiger charge is 2.24. The first-order chi connectivity index (χ1) is 10.8. The molecule has 4 rings (SSSR count). The molecule has 8 heteroatoms. The fourth-order valence-electron chi connectivity index (χ4n) is 3.04. The predicted octanol–water partition coefficient (Wildman–Crippen LogP) is 0.883. The van der Waals surface area contributed by atoms with Gasteiger partial charge in [0.15, 0.2) is 0 Å². The van der Waals surface area contributed by atoms with E-state index < -0.39 is 0 Å². The molecule has 1 atom stereocenters. The minimum absolute atomic E-state index is 0.0771. The molecule has 0 saturated carbocycles. The van der Waals surface area contributed by atoms with Gasteiger partial charge in [-0.3, -0.25) is 0 Å². The number of hydrogen-bond donors (Lipinski definition) is 2. The average Bonchev–Trinajstić information content (AvgIpc) is 3.23. The van der Waals surface area contributed by atoms with Gasteiger partial charge < -0.3 is 15.0 Å². The number of fused-ring (bicyclic) bond motifs is 1. The molecule has 1 fully saturated rings. The van der Waals surface area contributed by atoms with Crippen molar-refractivity contribution in [3.8, 4) is 0 Å². The minimum Gasteiger partial charge on any atom is -0.390 e. The van der Waals surface area contributed by atoms with Gasteiger partial charge in [0, 0.05) is 19.3 Å². The van der Waals surface area contributed by atoms with Crippen molar-refractivity contribution in [2.75, 3.05) is 18.0 Å². The molecule has 1 aliphatic heterocycles. The molecule has 0 bridgehead atoms. The summed E-state index contributed by atoms with van der Waals surface area (Å²) in [6.45, 7) is 1.72. The molecule has 1 aliphatic rings. The number of aromatic nitrogens is 6. The molecule has 0 amide bonds. The summed E-state index contributed by atoms with van der Waals surface area (Å²) < 4.78 is 1.85. The van der Waals surface area contributed by atoms with Crippen molar-refractivity contribution in [2.24, 2.45) is 0 Å². The summed E-state index contributed by atoms with van der Waals surface area (Å²) in [7, 11) is 0. The topological polar surface area (TPSA) is 95.8 Å². The zero-order valence-corrected chi connectivity index (χ0v) is 12.1. The molecule has 0 aliphatic carbocycles. The molecular weight excluding hydrogens is 282 g/mol. The van der Waals surface area contributed by atoms with Crippen molar-refractivity contribution >= 4 is 16.9 Å². The summed E-state index contributed by atoms with van der Waals surface area (Å²) in [6.07, 6.45) is 7.41. The molecule has 3 aromatic heterocycles. The van der Waals surface area contributed by atoms with E-state index in [2.05, 4.69) is 30.2 Å². The number of anilines is 1. The first kappa shape index (κ1) is 13.2. The number of hydrogen-bond acceptors (Lipinski definition) is 6. The van der Waals surface area contributed by atoms with Crippen LogP contribution in [-0.2, 0) is 6.61 Å². The van der Waals surface area contributed by atoms with Crippen molar-refractivity contribution in [1.29, 1.82) is 0 Å². The zero-order valence-electron chi connectivity index (χ0n) is 12.1. The molecule has 0 unspecified atom stereocenters. The van der Waals surface area contributed by atoms with Gasteiger partial charge >= 0.3 is 0 Å². The fourth-order valence-corrected chi connectivity index (χ4v) is 3.04. The predicted molar refractivity (Wildman–Crippen MR) is 80.3 cm³/mol. The Kier molecular flexibility index (Phi) is 3.23. The number of aliphatic hydroxyl groups is 1. The van der Waals surface area contributed by atoms with Crippen LogP contribution in [0.25, 0.3) is 11.0 Å². The lowest BCUT2D eigenvalue weighted by atomic mass is 10.1. The Bertz CT molecular complexity index is 780. The van der Waals surface area contributed by atoms with Gasteiger partial charge in [-0.25, -0.2) is 14.6 Å².